The highest BCUT2D eigenvalue weighted by Crippen LogP contribution is 2.28. The lowest BCUT2D eigenvalue weighted by Crippen LogP contribution is -2.45. The first kappa shape index (κ1) is 20.2. The molecule has 1 heterocycles. The average Bonchev–Trinajstić information content (AvgIpc) is 2.64. The fraction of sp³-hybridized carbons (Fsp3) is 0.278. The fourth-order valence-electron chi connectivity index (χ4n) is 2.61. The van der Waals surface area contributed by atoms with Gasteiger partial charge < -0.3 is 9.80 Å². The van der Waals surface area contributed by atoms with Crippen LogP contribution in [-0.4, -0.2) is 35.3 Å². The van der Waals surface area contributed by atoms with Gasteiger partial charge in [0.2, 0.25) is 0 Å². The molecule has 0 aliphatic carbocycles. The van der Waals surface area contributed by atoms with Crippen molar-refractivity contribution in [1.29, 1.82) is 0 Å². The Balaban J connectivity index is 1.82. The molecule has 2 aromatic rings. The summed E-state index contributed by atoms with van der Waals surface area (Å²) in [5, 5.41) is 1.21. The largest absolute Gasteiger partial charge is 0.408 e. The second kappa shape index (κ2) is 8.63. The first-order valence-corrected chi connectivity index (χ1v) is 9.79. The summed E-state index contributed by atoms with van der Waals surface area (Å²) in [7, 11) is 0. The highest BCUT2D eigenvalue weighted by atomic mass is 35.5. The van der Waals surface area contributed by atoms with E-state index in [0.717, 1.165) is 11.3 Å². The molecule has 0 unspecified atom stereocenters. The number of aliphatic imine (C=N–C) groups is 1. The molecular formula is C18H16Cl2F3N3S. The number of rotatable bonds is 4. The molecule has 0 spiro atoms. The van der Waals surface area contributed by atoms with Gasteiger partial charge in [0.05, 0.1) is 22.6 Å². The van der Waals surface area contributed by atoms with E-state index in [1.54, 1.807) is 12.1 Å². The van der Waals surface area contributed by atoms with E-state index in [0.29, 0.717) is 34.3 Å². The second-order valence-corrected chi connectivity index (χ2v) is 7.68. The molecular weight excluding hydrogens is 418 g/mol. The lowest BCUT2D eigenvalue weighted by atomic mass is 10.2. The van der Waals surface area contributed by atoms with Crippen LogP contribution >= 0.6 is 35.0 Å². The maximum Gasteiger partial charge on any atom is 0.408 e. The molecule has 9 heteroatoms. The lowest BCUT2D eigenvalue weighted by Gasteiger charge is -2.38. The Hall–Kier alpha value is -1.57. The zero-order chi connectivity index (χ0) is 19.4. The van der Waals surface area contributed by atoms with Crippen molar-refractivity contribution in [2.75, 3.05) is 24.0 Å². The van der Waals surface area contributed by atoms with Crippen LogP contribution in [0.25, 0.3) is 0 Å². The fourth-order valence-corrected chi connectivity index (χ4v) is 3.89. The number of halogens is 5. The molecule has 2 aromatic carbocycles. The van der Waals surface area contributed by atoms with E-state index in [1.165, 1.54) is 11.8 Å². The van der Waals surface area contributed by atoms with Gasteiger partial charge in [-0.15, -0.1) is 0 Å². The highest BCUT2D eigenvalue weighted by molar-refractivity contribution is 8.13. The number of hydrogen-bond donors (Lipinski definition) is 0. The molecule has 144 valence electrons. The van der Waals surface area contributed by atoms with Gasteiger partial charge in [-0.05, 0) is 29.8 Å². The normalized spacial score (nSPS) is 16.9. The number of hydrogen-bond acceptors (Lipinski definition) is 3. The van der Waals surface area contributed by atoms with Crippen molar-refractivity contribution in [2.24, 2.45) is 4.99 Å². The molecule has 0 radical (unpaired) electrons. The van der Waals surface area contributed by atoms with Crippen LogP contribution in [0.1, 0.15) is 5.56 Å². The number of benzene rings is 2. The third-order valence-electron chi connectivity index (χ3n) is 3.83. The molecule has 1 saturated heterocycles. The van der Waals surface area contributed by atoms with Gasteiger partial charge in [-0.1, -0.05) is 59.2 Å². The van der Waals surface area contributed by atoms with E-state index in [4.69, 9.17) is 23.2 Å². The zero-order valence-electron chi connectivity index (χ0n) is 14.1. The van der Waals surface area contributed by atoms with E-state index in [9.17, 15) is 13.2 Å². The van der Waals surface area contributed by atoms with Crippen molar-refractivity contribution in [2.45, 2.75) is 12.7 Å². The molecule has 1 aliphatic heterocycles. The Labute approximate surface area is 169 Å². The minimum absolute atomic E-state index is 0.366. The van der Waals surface area contributed by atoms with Crippen LogP contribution < -0.4 is 4.90 Å². The SMILES string of the molecule is FC(F)(F)CN=C1SCN(c2ccccc2)CN1Cc1ccc(Cl)c(Cl)c1. The Bertz CT molecular complexity index is 815. The first-order valence-electron chi connectivity index (χ1n) is 8.05. The van der Waals surface area contributed by atoms with E-state index >= 15 is 0 Å². The molecule has 1 fully saturated rings. The van der Waals surface area contributed by atoms with Crippen molar-refractivity contribution in [3.8, 4) is 0 Å². The summed E-state index contributed by atoms with van der Waals surface area (Å²) in [4.78, 5) is 7.69. The molecule has 3 nitrogen and oxygen atoms in total. The van der Waals surface area contributed by atoms with Crippen LogP contribution in [0.4, 0.5) is 18.9 Å². The van der Waals surface area contributed by atoms with E-state index < -0.39 is 12.7 Å². The van der Waals surface area contributed by atoms with E-state index in [2.05, 4.69) is 9.89 Å². The van der Waals surface area contributed by atoms with Crippen LogP contribution in [0.3, 0.4) is 0 Å². The predicted octanol–water partition coefficient (Wildman–Crippen LogP) is 5.88. The molecule has 1 aliphatic rings. The molecule has 0 N–H and O–H groups in total. The molecule has 3 rings (SSSR count). The van der Waals surface area contributed by atoms with Gasteiger partial charge in [-0.3, -0.25) is 4.99 Å². The predicted molar refractivity (Wildman–Crippen MR) is 107 cm³/mol. The summed E-state index contributed by atoms with van der Waals surface area (Å²) >= 11 is 13.3. The van der Waals surface area contributed by atoms with Crippen molar-refractivity contribution < 1.29 is 13.2 Å². The summed E-state index contributed by atoms with van der Waals surface area (Å²) in [5.41, 5.74) is 1.85. The number of amidine groups is 1. The molecule has 0 aromatic heterocycles. The number of alkyl halides is 3. The van der Waals surface area contributed by atoms with Gasteiger partial charge in [-0.25, -0.2) is 0 Å². The van der Waals surface area contributed by atoms with Gasteiger partial charge in [-0.2, -0.15) is 13.2 Å². The minimum atomic E-state index is -4.33. The Morgan fingerprint density at radius 3 is 2.44 bits per heavy atom. The van der Waals surface area contributed by atoms with Crippen molar-refractivity contribution in [1.82, 2.24) is 4.90 Å². The topological polar surface area (TPSA) is 18.8 Å². The zero-order valence-corrected chi connectivity index (χ0v) is 16.4. The van der Waals surface area contributed by atoms with Crippen LogP contribution in [0.5, 0.6) is 0 Å². The Morgan fingerprint density at radius 2 is 1.78 bits per heavy atom. The van der Waals surface area contributed by atoms with Crippen LogP contribution in [0.2, 0.25) is 10.0 Å². The maximum absolute atomic E-state index is 12.6. The summed E-state index contributed by atoms with van der Waals surface area (Å²) in [5.74, 6) is 0.526. The summed E-state index contributed by atoms with van der Waals surface area (Å²) in [6, 6.07) is 14.9. The van der Waals surface area contributed by atoms with Gasteiger partial charge in [0.15, 0.2) is 5.17 Å². The third kappa shape index (κ3) is 5.70. The van der Waals surface area contributed by atoms with Crippen molar-refractivity contribution >= 4 is 45.8 Å². The number of para-hydroxylation sites is 1. The van der Waals surface area contributed by atoms with Crippen LogP contribution in [0, 0.1) is 0 Å². The molecule has 27 heavy (non-hydrogen) atoms. The van der Waals surface area contributed by atoms with Crippen LogP contribution in [-0.2, 0) is 6.54 Å². The molecule has 0 bridgehead atoms. The lowest BCUT2D eigenvalue weighted by molar-refractivity contribution is -0.118. The van der Waals surface area contributed by atoms with E-state index in [1.807, 2.05) is 41.3 Å². The summed E-state index contributed by atoms with van der Waals surface area (Å²) < 4.78 is 37.9. The standard InChI is InChI=1S/C18H16Cl2F3N3S/c19-15-7-6-13(8-16(15)20)9-25-11-26(14-4-2-1-3-5-14)12-27-17(25)24-10-18(21,22)23/h1-8H,9-12H2. The molecule has 0 saturated carbocycles. The third-order valence-corrected chi connectivity index (χ3v) is 5.66. The first-order chi connectivity index (χ1) is 12.8. The average molecular weight is 434 g/mol. The molecule has 0 amide bonds. The number of nitrogens with zero attached hydrogens (tertiary/aromatic N) is 3. The monoisotopic (exact) mass is 433 g/mol. The highest BCUT2D eigenvalue weighted by Gasteiger charge is 2.29. The van der Waals surface area contributed by atoms with Crippen molar-refractivity contribution in [3.05, 3.63) is 64.1 Å². The quantitative estimate of drug-likeness (QED) is 0.599. The summed E-state index contributed by atoms with van der Waals surface area (Å²) in [6.07, 6.45) is -4.33. The van der Waals surface area contributed by atoms with Gasteiger partial charge in [0.1, 0.15) is 6.54 Å². The minimum Gasteiger partial charge on any atom is -0.344 e. The maximum atomic E-state index is 12.6. The van der Waals surface area contributed by atoms with Crippen LogP contribution in [0.15, 0.2) is 53.5 Å². The van der Waals surface area contributed by atoms with Crippen molar-refractivity contribution in [3.63, 3.8) is 0 Å². The Morgan fingerprint density at radius 1 is 1.04 bits per heavy atom. The number of anilines is 1. The van der Waals surface area contributed by atoms with Gasteiger partial charge in [0.25, 0.3) is 0 Å². The van der Waals surface area contributed by atoms with Gasteiger partial charge in [0, 0.05) is 12.2 Å². The van der Waals surface area contributed by atoms with Gasteiger partial charge >= 0.3 is 6.18 Å². The molecule has 0 atom stereocenters. The number of thioether (sulfide) groups is 1. The smallest absolute Gasteiger partial charge is 0.344 e. The second-order valence-electron chi connectivity index (χ2n) is 5.95. The Kier molecular flexibility index (Phi) is 6.44. The summed E-state index contributed by atoms with van der Waals surface area (Å²) in [6.45, 7) is -0.392. The van der Waals surface area contributed by atoms with E-state index in [-0.39, 0.29) is 0 Å².